The van der Waals surface area contributed by atoms with Gasteiger partial charge in [-0.3, -0.25) is 0 Å². The molecular formula is C17H19NO5S. The molecule has 7 heteroatoms. The lowest BCUT2D eigenvalue weighted by Crippen LogP contribution is -2.55. The van der Waals surface area contributed by atoms with Gasteiger partial charge in [-0.1, -0.05) is 0 Å². The van der Waals surface area contributed by atoms with Gasteiger partial charge in [0.2, 0.25) is 0 Å². The van der Waals surface area contributed by atoms with E-state index in [1.54, 1.807) is 36.8 Å². The van der Waals surface area contributed by atoms with Crippen LogP contribution >= 0.6 is 11.3 Å². The molecule has 0 unspecified atom stereocenters. The summed E-state index contributed by atoms with van der Waals surface area (Å²) in [5.74, 6) is 0.160. The fourth-order valence-electron chi connectivity index (χ4n) is 2.33. The fraction of sp³-hybridized carbons (Fsp3) is 0.412. The van der Waals surface area contributed by atoms with Crippen LogP contribution in [0.25, 0.3) is 10.6 Å². The normalized spacial score (nSPS) is 15.6. The second kappa shape index (κ2) is 6.88. The standard InChI is InChI=1S/C17H19NO5S/c1-11-7-18-15(24-11)12-4-13(16(19)20-2)6-14(5-12)23-10-17(21-3)8-22-9-17/h4-7H,8-10H2,1-3H3. The van der Waals surface area contributed by atoms with Crippen molar-refractivity contribution in [3.05, 3.63) is 34.8 Å². The van der Waals surface area contributed by atoms with Crippen LogP contribution in [0.5, 0.6) is 5.75 Å². The first-order valence-electron chi connectivity index (χ1n) is 7.47. The maximum atomic E-state index is 11.9. The molecule has 0 amide bonds. The van der Waals surface area contributed by atoms with Crippen molar-refractivity contribution in [1.29, 1.82) is 0 Å². The first-order chi connectivity index (χ1) is 11.5. The molecular weight excluding hydrogens is 330 g/mol. The molecule has 2 heterocycles. The number of aromatic nitrogens is 1. The predicted molar refractivity (Wildman–Crippen MR) is 89.7 cm³/mol. The van der Waals surface area contributed by atoms with Crippen LogP contribution in [0.15, 0.2) is 24.4 Å². The Balaban J connectivity index is 1.88. The minimum atomic E-state index is -0.417. The van der Waals surface area contributed by atoms with E-state index in [9.17, 15) is 4.79 Å². The van der Waals surface area contributed by atoms with Gasteiger partial charge in [-0.05, 0) is 25.1 Å². The highest BCUT2D eigenvalue weighted by Crippen LogP contribution is 2.31. The van der Waals surface area contributed by atoms with Gasteiger partial charge in [0, 0.05) is 23.7 Å². The van der Waals surface area contributed by atoms with Crippen molar-refractivity contribution in [2.75, 3.05) is 34.0 Å². The minimum Gasteiger partial charge on any atom is -0.490 e. The van der Waals surface area contributed by atoms with Crippen molar-refractivity contribution in [2.24, 2.45) is 0 Å². The number of benzene rings is 1. The van der Waals surface area contributed by atoms with Gasteiger partial charge < -0.3 is 18.9 Å². The summed E-state index contributed by atoms with van der Waals surface area (Å²) in [6.07, 6.45) is 1.80. The molecule has 2 aromatic rings. The number of carbonyl (C=O) groups excluding carboxylic acids is 1. The van der Waals surface area contributed by atoms with Crippen molar-refractivity contribution >= 4 is 17.3 Å². The topological polar surface area (TPSA) is 66.9 Å². The third-order valence-corrected chi connectivity index (χ3v) is 4.82. The highest BCUT2D eigenvalue weighted by Gasteiger charge is 2.39. The van der Waals surface area contributed by atoms with E-state index >= 15 is 0 Å². The van der Waals surface area contributed by atoms with Gasteiger partial charge in [-0.2, -0.15) is 0 Å². The van der Waals surface area contributed by atoms with Crippen molar-refractivity contribution in [3.8, 4) is 16.3 Å². The second-order valence-electron chi connectivity index (χ2n) is 5.68. The summed E-state index contributed by atoms with van der Waals surface area (Å²) in [4.78, 5) is 17.4. The van der Waals surface area contributed by atoms with E-state index in [0.29, 0.717) is 31.1 Å². The van der Waals surface area contributed by atoms with E-state index in [4.69, 9.17) is 18.9 Å². The molecule has 0 radical (unpaired) electrons. The molecule has 1 aromatic carbocycles. The summed E-state index contributed by atoms with van der Waals surface area (Å²) >= 11 is 1.56. The highest BCUT2D eigenvalue weighted by atomic mass is 32.1. The quantitative estimate of drug-likeness (QED) is 0.747. The van der Waals surface area contributed by atoms with Crippen LogP contribution in [0.4, 0.5) is 0 Å². The molecule has 0 bridgehead atoms. The van der Waals surface area contributed by atoms with Crippen LogP contribution in [0.1, 0.15) is 15.2 Å². The number of methoxy groups -OCH3 is 2. The fourth-order valence-corrected chi connectivity index (χ4v) is 3.09. The van der Waals surface area contributed by atoms with Crippen molar-refractivity contribution in [1.82, 2.24) is 4.98 Å². The lowest BCUT2D eigenvalue weighted by atomic mass is 10.0. The maximum Gasteiger partial charge on any atom is 0.338 e. The van der Waals surface area contributed by atoms with Gasteiger partial charge in [0.05, 0.1) is 25.9 Å². The van der Waals surface area contributed by atoms with Crippen LogP contribution in [0, 0.1) is 6.92 Å². The minimum absolute atomic E-state index is 0.352. The molecule has 1 aliphatic rings. The summed E-state index contributed by atoms with van der Waals surface area (Å²) < 4.78 is 21.4. The Morgan fingerprint density at radius 1 is 1.33 bits per heavy atom. The summed E-state index contributed by atoms with van der Waals surface area (Å²) in [5, 5.41) is 0.830. The summed E-state index contributed by atoms with van der Waals surface area (Å²) in [7, 11) is 3.00. The van der Waals surface area contributed by atoms with Crippen LogP contribution in [-0.4, -0.2) is 50.6 Å². The summed E-state index contributed by atoms with van der Waals surface area (Å²) in [6, 6.07) is 5.29. The average Bonchev–Trinajstić information content (AvgIpc) is 3.00. The molecule has 1 saturated heterocycles. The number of nitrogens with zero attached hydrogens (tertiary/aromatic N) is 1. The van der Waals surface area contributed by atoms with E-state index in [2.05, 4.69) is 4.98 Å². The molecule has 1 fully saturated rings. The number of ether oxygens (including phenoxy) is 4. The highest BCUT2D eigenvalue weighted by molar-refractivity contribution is 7.14. The zero-order chi connectivity index (χ0) is 17.2. The number of hydrogen-bond donors (Lipinski definition) is 0. The first kappa shape index (κ1) is 16.9. The Hall–Kier alpha value is -1.96. The van der Waals surface area contributed by atoms with E-state index in [-0.39, 0.29) is 0 Å². The largest absolute Gasteiger partial charge is 0.490 e. The molecule has 0 atom stereocenters. The van der Waals surface area contributed by atoms with E-state index in [0.717, 1.165) is 15.4 Å². The van der Waals surface area contributed by atoms with E-state index < -0.39 is 11.6 Å². The van der Waals surface area contributed by atoms with Gasteiger partial charge in [-0.25, -0.2) is 9.78 Å². The first-order valence-corrected chi connectivity index (χ1v) is 8.29. The zero-order valence-electron chi connectivity index (χ0n) is 13.8. The van der Waals surface area contributed by atoms with Crippen molar-refractivity contribution in [2.45, 2.75) is 12.5 Å². The van der Waals surface area contributed by atoms with Gasteiger partial charge in [-0.15, -0.1) is 11.3 Å². The molecule has 6 nitrogen and oxygen atoms in total. The van der Waals surface area contributed by atoms with E-state index in [1.165, 1.54) is 7.11 Å². The van der Waals surface area contributed by atoms with Gasteiger partial charge in [0.1, 0.15) is 23.0 Å². The van der Waals surface area contributed by atoms with E-state index in [1.807, 2.05) is 13.0 Å². The summed E-state index contributed by atoms with van der Waals surface area (Å²) in [5.41, 5.74) is 0.829. The van der Waals surface area contributed by atoms with Gasteiger partial charge in [0.25, 0.3) is 0 Å². The molecule has 0 spiro atoms. The predicted octanol–water partition coefficient (Wildman–Crippen LogP) is 2.70. The third-order valence-electron chi connectivity index (χ3n) is 3.86. The van der Waals surface area contributed by atoms with Crippen LogP contribution < -0.4 is 4.74 Å². The monoisotopic (exact) mass is 349 g/mol. The number of hydrogen-bond acceptors (Lipinski definition) is 7. The Bertz CT molecular complexity index is 733. The Labute approximate surface area is 144 Å². The van der Waals surface area contributed by atoms with Crippen LogP contribution in [-0.2, 0) is 14.2 Å². The van der Waals surface area contributed by atoms with Crippen molar-refractivity contribution in [3.63, 3.8) is 0 Å². The third kappa shape index (κ3) is 3.43. The molecule has 3 rings (SSSR count). The maximum absolute atomic E-state index is 11.9. The molecule has 0 N–H and O–H groups in total. The zero-order valence-corrected chi connectivity index (χ0v) is 14.6. The lowest BCUT2D eigenvalue weighted by molar-refractivity contribution is -0.208. The Morgan fingerprint density at radius 2 is 2.12 bits per heavy atom. The number of rotatable bonds is 6. The Kier molecular flexibility index (Phi) is 4.84. The smallest absolute Gasteiger partial charge is 0.338 e. The van der Waals surface area contributed by atoms with Crippen molar-refractivity contribution < 1.29 is 23.7 Å². The molecule has 24 heavy (non-hydrogen) atoms. The number of thiazole rings is 1. The molecule has 1 aliphatic heterocycles. The Morgan fingerprint density at radius 3 is 2.67 bits per heavy atom. The van der Waals surface area contributed by atoms with Crippen LogP contribution in [0.2, 0.25) is 0 Å². The molecule has 128 valence electrons. The number of carbonyl (C=O) groups is 1. The second-order valence-corrected chi connectivity index (χ2v) is 6.92. The number of aryl methyl sites for hydroxylation is 1. The van der Waals surface area contributed by atoms with Crippen LogP contribution in [0.3, 0.4) is 0 Å². The molecule has 1 aromatic heterocycles. The summed E-state index contributed by atoms with van der Waals surface area (Å²) in [6.45, 7) is 3.34. The van der Waals surface area contributed by atoms with Gasteiger partial charge in [0.15, 0.2) is 0 Å². The molecule has 0 aliphatic carbocycles. The SMILES string of the molecule is COC(=O)c1cc(OCC2(OC)COC2)cc(-c2ncc(C)s2)c1. The average molecular weight is 349 g/mol. The molecule has 0 saturated carbocycles. The van der Waals surface area contributed by atoms with Gasteiger partial charge >= 0.3 is 5.97 Å². The number of esters is 1. The lowest BCUT2D eigenvalue weighted by Gasteiger charge is -2.39.